The Bertz CT molecular complexity index is 906. The lowest BCUT2D eigenvalue weighted by molar-refractivity contribution is -0.137. The molecule has 0 amide bonds. The molecule has 1 fully saturated rings. The first-order chi connectivity index (χ1) is 13.5. The van der Waals surface area contributed by atoms with E-state index in [0.717, 1.165) is 55.0 Å². The van der Waals surface area contributed by atoms with Crippen LogP contribution in [0, 0.1) is 5.92 Å². The average molecular weight is 387 g/mol. The van der Waals surface area contributed by atoms with Crippen LogP contribution in [0.4, 0.5) is 13.2 Å². The largest absolute Gasteiger partial charge is 0.416 e. The molecule has 4 rings (SSSR count). The summed E-state index contributed by atoms with van der Waals surface area (Å²) in [7, 11) is 0. The summed E-state index contributed by atoms with van der Waals surface area (Å²) < 4.78 is 38.0. The normalized spacial score (nSPS) is 17.9. The summed E-state index contributed by atoms with van der Waals surface area (Å²) >= 11 is 0. The van der Waals surface area contributed by atoms with Crippen LogP contribution in [-0.4, -0.2) is 38.2 Å². The number of benzene rings is 1. The minimum absolute atomic E-state index is 0.448. The molecule has 8 heteroatoms. The number of nitrogens with zero attached hydrogens (tertiary/aromatic N) is 4. The van der Waals surface area contributed by atoms with Gasteiger partial charge in [0.1, 0.15) is 5.82 Å². The predicted molar refractivity (Wildman–Crippen MR) is 98.1 cm³/mol. The van der Waals surface area contributed by atoms with Crippen molar-refractivity contribution in [2.24, 2.45) is 5.92 Å². The fraction of sp³-hybridized carbons (Fsp3) is 0.350. The van der Waals surface area contributed by atoms with Gasteiger partial charge < -0.3 is 0 Å². The molecule has 1 aromatic carbocycles. The fourth-order valence-corrected chi connectivity index (χ4v) is 3.56. The maximum atomic E-state index is 12.7. The number of nitrogens with one attached hydrogen (secondary N) is 1. The van der Waals surface area contributed by atoms with E-state index < -0.39 is 11.7 Å². The molecule has 1 N–H and O–H groups in total. The van der Waals surface area contributed by atoms with E-state index in [9.17, 15) is 13.2 Å². The molecule has 28 heavy (non-hydrogen) atoms. The molecular formula is C20H20F3N5. The SMILES string of the molecule is FC(F)(F)c1ccc(CN2CCC(Cc3nc(-c4cccnc4)n[nH]3)C2)cc1. The van der Waals surface area contributed by atoms with Gasteiger partial charge in [0.2, 0.25) is 0 Å². The van der Waals surface area contributed by atoms with Crippen LogP contribution >= 0.6 is 0 Å². The van der Waals surface area contributed by atoms with Crippen molar-refractivity contribution in [2.45, 2.75) is 25.6 Å². The highest BCUT2D eigenvalue weighted by molar-refractivity contribution is 5.52. The van der Waals surface area contributed by atoms with Gasteiger partial charge in [0.25, 0.3) is 0 Å². The second-order valence-corrected chi connectivity index (χ2v) is 7.14. The molecule has 146 valence electrons. The number of pyridine rings is 1. The molecule has 3 aromatic rings. The standard InChI is InChI=1S/C20H20F3N5/c21-20(22,23)17-5-3-14(4-6-17)12-28-9-7-15(13-28)10-18-25-19(27-26-18)16-2-1-8-24-11-16/h1-6,8,11,15H,7,9-10,12-13H2,(H,25,26,27). The van der Waals surface area contributed by atoms with E-state index in [0.29, 0.717) is 18.3 Å². The Morgan fingerprint density at radius 1 is 1.14 bits per heavy atom. The number of rotatable bonds is 5. The summed E-state index contributed by atoms with van der Waals surface area (Å²) in [6.45, 7) is 2.48. The van der Waals surface area contributed by atoms with Gasteiger partial charge in [-0.3, -0.25) is 15.0 Å². The molecule has 5 nitrogen and oxygen atoms in total. The van der Waals surface area contributed by atoms with E-state index in [-0.39, 0.29) is 0 Å². The van der Waals surface area contributed by atoms with Gasteiger partial charge in [-0.1, -0.05) is 12.1 Å². The van der Waals surface area contributed by atoms with Crippen LogP contribution in [0.1, 0.15) is 23.4 Å². The van der Waals surface area contributed by atoms with Crippen molar-refractivity contribution in [1.29, 1.82) is 0 Å². The lowest BCUT2D eigenvalue weighted by Gasteiger charge is -2.16. The van der Waals surface area contributed by atoms with Gasteiger partial charge in [-0.15, -0.1) is 0 Å². The molecule has 1 atom stereocenters. The first kappa shape index (κ1) is 18.6. The molecule has 1 saturated heterocycles. The van der Waals surface area contributed by atoms with Gasteiger partial charge in [-0.2, -0.15) is 18.3 Å². The predicted octanol–water partition coefficient (Wildman–Crippen LogP) is 3.95. The molecule has 0 spiro atoms. The van der Waals surface area contributed by atoms with E-state index in [2.05, 4.69) is 25.1 Å². The Hall–Kier alpha value is -2.74. The number of aromatic nitrogens is 4. The van der Waals surface area contributed by atoms with Gasteiger partial charge >= 0.3 is 6.18 Å². The summed E-state index contributed by atoms with van der Waals surface area (Å²) in [4.78, 5) is 10.9. The van der Waals surface area contributed by atoms with Crippen LogP contribution in [0.5, 0.6) is 0 Å². The summed E-state index contributed by atoms with van der Waals surface area (Å²) in [6, 6.07) is 9.19. The van der Waals surface area contributed by atoms with Crippen LogP contribution in [0.2, 0.25) is 0 Å². The van der Waals surface area contributed by atoms with Crippen LogP contribution in [0.25, 0.3) is 11.4 Å². The van der Waals surface area contributed by atoms with Gasteiger partial charge in [0.05, 0.1) is 5.56 Å². The first-order valence-electron chi connectivity index (χ1n) is 9.17. The number of aromatic amines is 1. The number of H-pyrrole nitrogens is 1. The van der Waals surface area contributed by atoms with Gasteiger partial charge in [0, 0.05) is 37.5 Å². The third kappa shape index (κ3) is 4.39. The topological polar surface area (TPSA) is 57.7 Å². The summed E-state index contributed by atoms with van der Waals surface area (Å²) in [6.07, 6.45) is 0.985. The van der Waals surface area contributed by atoms with E-state index in [4.69, 9.17) is 0 Å². The maximum Gasteiger partial charge on any atom is 0.416 e. The van der Waals surface area contributed by atoms with Crippen molar-refractivity contribution in [3.8, 4) is 11.4 Å². The molecule has 2 aromatic heterocycles. The van der Waals surface area contributed by atoms with Gasteiger partial charge in [0.15, 0.2) is 5.82 Å². The second kappa shape index (κ2) is 7.71. The summed E-state index contributed by atoms with van der Waals surface area (Å²) in [5, 5.41) is 7.26. The maximum absolute atomic E-state index is 12.7. The first-order valence-corrected chi connectivity index (χ1v) is 9.17. The highest BCUT2D eigenvalue weighted by atomic mass is 19.4. The average Bonchev–Trinajstić information content (AvgIpc) is 3.32. The highest BCUT2D eigenvalue weighted by Gasteiger charge is 2.30. The smallest absolute Gasteiger partial charge is 0.299 e. The molecule has 1 aliphatic heterocycles. The van der Waals surface area contributed by atoms with Crippen LogP contribution < -0.4 is 0 Å². The molecule has 0 bridgehead atoms. The number of alkyl halides is 3. The van der Waals surface area contributed by atoms with Crippen LogP contribution in [0.3, 0.4) is 0 Å². The molecule has 1 unspecified atom stereocenters. The lowest BCUT2D eigenvalue weighted by atomic mass is 10.0. The fourth-order valence-electron chi connectivity index (χ4n) is 3.56. The molecule has 0 saturated carbocycles. The monoisotopic (exact) mass is 387 g/mol. The van der Waals surface area contributed by atoms with Crippen molar-refractivity contribution in [3.63, 3.8) is 0 Å². The van der Waals surface area contributed by atoms with Crippen molar-refractivity contribution in [1.82, 2.24) is 25.1 Å². The third-order valence-corrected chi connectivity index (χ3v) is 4.99. The summed E-state index contributed by atoms with van der Waals surface area (Å²) in [5.74, 6) is 1.94. The van der Waals surface area contributed by atoms with E-state index in [1.165, 1.54) is 0 Å². The molecular weight excluding hydrogens is 367 g/mol. The number of halogens is 3. The van der Waals surface area contributed by atoms with E-state index in [1.54, 1.807) is 24.5 Å². The Labute approximate surface area is 160 Å². The molecule has 0 aliphatic carbocycles. The number of hydrogen-bond acceptors (Lipinski definition) is 4. The van der Waals surface area contributed by atoms with Crippen molar-refractivity contribution >= 4 is 0 Å². The van der Waals surface area contributed by atoms with Gasteiger partial charge in [-0.05, 0) is 48.7 Å². The van der Waals surface area contributed by atoms with Gasteiger partial charge in [-0.25, -0.2) is 4.98 Å². The third-order valence-electron chi connectivity index (χ3n) is 4.99. The second-order valence-electron chi connectivity index (χ2n) is 7.14. The Balaban J connectivity index is 1.32. The number of likely N-dealkylation sites (tertiary alicyclic amines) is 1. The zero-order valence-corrected chi connectivity index (χ0v) is 15.2. The van der Waals surface area contributed by atoms with Crippen molar-refractivity contribution in [2.75, 3.05) is 13.1 Å². The minimum atomic E-state index is -4.29. The van der Waals surface area contributed by atoms with E-state index >= 15 is 0 Å². The Morgan fingerprint density at radius 3 is 2.68 bits per heavy atom. The number of hydrogen-bond donors (Lipinski definition) is 1. The van der Waals surface area contributed by atoms with Crippen molar-refractivity contribution in [3.05, 3.63) is 65.7 Å². The van der Waals surface area contributed by atoms with E-state index in [1.807, 2.05) is 12.1 Å². The zero-order chi connectivity index (χ0) is 19.6. The highest BCUT2D eigenvalue weighted by Crippen LogP contribution is 2.29. The Morgan fingerprint density at radius 2 is 1.96 bits per heavy atom. The minimum Gasteiger partial charge on any atom is -0.299 e. The summed E-state index contributed by atoms with van der Waals surface area (Å²) in [5.41, 5.74) is 1.16. The van der Waals surface area contributed by atoms with Crippen molar-refractivity contribution < 1.29 is 13.2 Å². The van der Waals surface area contributed by atoms with Crippen LogP contribution in [-0.2, 0) is 19.1 Å². The Kier molecular flexibility index (Phi) is 5.13. The zero-order valence-electron chi connectivity index (χ0n) is 15.2. The molecule has 1 aliphatic rings. The van der Waals surface area contributed by atoms with Crippen LogP contribution in [0.15, 0.2) is 48.8 Å². The molecule has 0 radical (unpaired) electrons. The lowest BCUT2D eigenvalue weighted by Crippen LogP contribution is -2.21. The molecule has 3 heterocycles. The quantitative estimate of drug-likeness (QED) is 0.720.